The highest BCUT2D eigenvalue weighted by Gasteiger charge is 2.42. The molecule has 3 aromatic rings. The fourth-order valence-electron chi connectivity index (χ4n) is 3.09. The molecule has 10 heteroatoms. The first-order valence-electron chi connectivity index (χ1n) is 9.47. The summed E-state index contributed by atoms with van der Waals surface area (Å²) in [5.41, 5.74) is 0.727. The van der Waals surface area contributed by atoms with E-state index in [1.807, 2.05) is 0 Å². The third-order valence-corrected chi connectivity index (χ3v) is 7.92. The van der Waals surface area contributed by atoms with Crippen molar-refractivity contribution in [3.05, 3.63) is 83.6 Å². The second-order valence-electron chi connectivity index (χ2n) is 7.05. The van der Waals surface area contributed by atoms with E-state index in [0.717, 1.165) is 11.8 Å². The number of hydrogen-bond donors (Lipinski definition) is 3. The molecule has 1 unspecified atom stereocenters. The van der Waals surface area contributed by atoms with Crippen LogP contribution in [0, 0.1) is 0 Å². The third-order valence-electron chi connectivity index (χ3n) is 4.63. The SMILES string of the molecule is O=C(NO)C(O)(CSCc1ccccn1)CS(=O)(=O)c1cc(Cl)ccc1-c1ccccc1. The Morgan fingerprint density at radius 2 is 1.81 bits per heavy atom. The number of hydrogen-bond acceptors (Lipinski definition) is 7. The van der Waals surface area contributed by atoms with Gasteiger partial charge >= 0.3 is 0 Å². The number of rotatable bonds is 9. The molecule has 32 heavy (non-hydrogen) atoms. The summed E-state index contributed by atoms with van der Waals surface area (Å²) in [6.07, 6.45) is 1.61. The number of carbonyl (C=O) groups excluding carboxylic acids is 1. The number of nitrogens with zero attached hydrogens (tertiary/aromatic N) is 1. The van der Waals surface area contributed by atoms with E-state index in [1.165, 1.54) is 11.5 Å². The first-order chi connectivity index (χ1) is 15.2. The summed E-state index contributed by atoms with van der Waals surface area (Å²) in [5, 5.41) is 20.3. The largest absolute Gasteiger partial charge is 0.378 e. The summed E-state index contributed by atoms with van der Waals surface area (Å²) in [6, 6.07) is 18.6. The van der Waals surface area contributed by atoms with Crippen molar-refractivity contribution in [1.82, 2.24) is 10.5 Å². The van der Waals surface area contributed by atoms with Crippen LogP contribution in [0.25, 0.3) is 11.1 Å². The zero-order valence-electron chi connectivity index (χ0n) is 16.8. The molecule has 3 N–H and O–H groups in total. The second kappa shape index (κ2) is 10.5. The van der Waals surface area contributed by atoms with Crippen molar-refractivity contribution in [3.63, 3.8) is 0 Å². The van der Waals surface area contributed by atoms with Crippen LogP contribution in [-0.2, 0) is 20.4 Å². The molecule has 0 fully saturated rings. The Bertz CT molecular complexity index is 1180. The van der Waals surface area contributed by atoms with E-state index in [9.17, 15) is 18.3 Å². The van der Waals surface area contributed by atoms with Crippen molar-refractivity contribution in [3.8, 4) is 11.1 Å². The number of pyridine rings is 1. The molecule has 168 valence electrons. The van der Waals surface area contributed by atoms with Gasteiger partial charge in [-0.15, -0.1) is 0 Å². The molecule has 0 aliphatic carbocycles. The van der Waals surface area contributed by atoms with Crippen LogP contribution >= 0.6 is 23.4 Å². The Kier molecular flexibility index (Phi) is 7.91. The summed E-state index contributed by atoms with van der Waals surface area (Å²) in [6.45, 7) is 0. The van der Waals surface area contributed by atoms with Gasteiger partial charge in [0.15, 0.2) is 15.4 Å². The number of amides is 1. The van der Waals surface area contributed by atoms with Gasteiger partial charge in [0.05, 0.1) is 16.3 Å². The van der Waals surface area contributed by atoms with Gasteiger partial charge in [0.2, 0.25) is 0 Å². The molecule has 1 atom stereocenters. The van der Waals surface area contributed by atoms with Gasteiger partial charge in [-0.25, -0.2) is 13.9 Å². The van der Waals surface area contributed by atoms with Crippen LogP contribution in [0.2, 0.25) is 5.02 Å². The summed E-state index contributed by atoms with van der Waals surface area (Å²) in [7, 11) is -4.20. The minimum absolute atomic E-state index is 0.116. The Morgan fingerprint density at radius 1 is 1.09 bits per heavy atom. The number of benzene rings is 2. The van der Waals surface area contributed by atoms with Gasteiger partial charge in [0, 0.05) is 28.3 Å². The second-order valence-corrected chi connectivity index (χ2v) is 10.4. The highest BCUT2D eigenvalue weighted by molar-refractivity contribution is 7.98. The van der Waals surface area contributed by atoms with E-state index in [2.05, 4.69) is 4.98 Å². The molecule has 0 spiro atoms. The van der Waals surface area contributed by atoms with Crippen molar-refractivity contribution >= 4 is 39.1 Å². The minimum Gasteiger partial charge on any atom is -0.378 e. The Morgan fingerprint density at radius 3 is 2.47 bits per heavy atom. The predicted octanol–water partition coefficient (Wildman–Crippen LogP) is 3.35. The normalized spacial score (nSPS) is 13.3. The van der Waals surface area contributed by atoms with Crippen LogP contribution in [0.3, 0.4) is 0 Å². The summed E-state index contributed by atoms with van der Waals surface area (Å²) in [4.78, 5) is 16.3. The maximum Gasteiger partial charge on any atom is 0.277 e. The molecule has 0 saturated heterocycles. The Labute approximate surface area is 195 Å². The summed E-state index contributed by atoms with van der Waals surface area (Å²) in [5.74, 6) is -2.09. The molecular formula is C22H21ClN2O5S2. The highest BCUT2D eigenvalue weighted by atomic mass is 35.5. The van der Waals surface area contributed by atoms with Gasteiger partial charge in [0.1, 0.15) is 0 Å². The number of carbonyl (C=O) groups is 1. The molecule has 3 rings (SSSR count). The molecule has 0 bridgehead atoms. The maximum absolute atomic E-state index is 13.3. The maximum atomic E-state index is 13.3. The number of aromatic nitrogens is 1. The third kappa shape index (κ3) is 5.87. The number of thioether (sulfide) groups is 1. The summed E-state index contributed by atoms with van der Waals surface area (Å²) >= 11 is 7.19. The molecule has 1 amide bonds. The van der Waals surface area contributed by atoms with E-state index in [4.69, 9.17) is 16.8 Å². The van der Waals surface area contributed by atoms with Gasteiger partial charge in [-0.3, -0.25) is 15.0 Å². The van der Waals surface area contributed by atoms with E-state index in [1.54, 1.807) is 66.9 Å². The fourth-order valence-corrected chi connectivity index (χ4v) is 6.35. The molecule has 1 heterocycles. The molecular weight excluding hydrogens is 472 g/mol. The molecule has 0 aliphatic heterocycles. The zero-order valence-corrected chi connectivity index (χ0v) is 19.2. The smallest absolute Gasteiger partial charge is 0.277 e. The van der Waals surface area contributed by atoms with Gasteiger partial charge in [0.25, 0.3) is 5.91 Å². The van der Waals surface area contributed by atoms with Gasteiger partial charge < -0.3 is 5.11 Å². The first-order valence-corrected chi connectivity index (χ1v) is 12.7. The van der Waals surface area contributed by atoms with Crippen molar-refractivity contribution in [2.24, 2.45) is 0 Å². The van der Waals surface area contributed by atoms with Crippen molar-refractivity contribution < 1.29 is 23.5 Å². The van der Waals surface area contributed by atoms with Crippen molar-refractivity contribution in [2.75, 3.05) is 11.5 Å². The van der Waals surface area contributed by atoms with Crippen LogP contribution in [-0.4, -0.2) is 46.7 Å². The quantitative estimate of drug-likeness (QED) is 0.310. The van der Waals surface area contributed by atoms with Crippen LogP contribution in [0.15, 0.2) is 77.8 Å². The Balaban J connectivity index is 1.91. The zero-order chi connectivity index (χ0) is 23.2. The number of halogens is 1. The van der Waals surface area contributed by atoms with Crippen LogP contribution in [0.5, 0.6) is 0 Å². The lowest BCUT2D eigenvalue weighted by atomic mass is 10.1. The van der Waals surface area contributed by atoms with Crippen LogP contribution < -0.4 is 5.48 Å². The minimum atomic E-state index is -4.20. The average Bonchev–Trinajstić information content (AvgIpc) is 2.79. The Hall–Kier alpha value is -2.43. The number of nitrogens with one attached hydrogen (secondary N) is 1. The molecule has 1 aromatic heterocycles. The molecule has 0 aliphatic rings. The fraction of sp³-hybridized carbons (Fsp3) is 0.182. The lowest BCUT2D eigenvalue weighted by molar-refractivity contribution is -0.144. The molecule has 0 saturated carbocycles. The van der Waals surface area contributed by atoms with Crippen LogP contribution in [0.1, 0.15) is 5.69 Å². The van der Waals surface area contributed by atoms with E-state index >= 15 is 0 Å². The number of sulfone groups is 1. The molecule has 0 radical (unpaired) electrons. The van der Waals surface area contributed by atoms with Crippen LogP contribution in [0.4, 0.5) is 0 Å². The van der Waals surface area contributed by atoms with Crippen molar-refractivity contribution in [2.45, 2.75) is 16.2 Å². The lowest BCUT2D eigenvalue weighted by Gasteiger charge is -2.25. The van der Waals surface area contributed by atoms with Gasteiger partial charge in [-0.2, -0.15) is 11.8 Å². The number of hydroxylamine groups is 1. The lowest BCUT2D eigenvalue weighted by Crippen LogP contribution is -2.52. The summed E-state index contributed by atoms with van der Waals surface area (Å²) < 4.78 is 26.7. The molecule has 7 nitrogen and oxygen atoms in total. The highest BCUT2D eigenvalue weighted by Crippen LogP contribution is 2.32. The topological polar surface area (TPSA) is 117 Å². The van der Waals surface area contributed by atoms with E-state index < -0.39 is 27.1 Å². The standard InChI is InChI=1S/C22H21ClN2O5S2/c23-17-9-10-19(16-6-2-1-3-7-16)20(12-17)32(29,30)15-22(27,21(26)25-28)14-31-13-18-8-4-5-11-24-18/h1-12,27-28H,13-15H2,(H,25,26). The first kappa shape index (κ1) is 24.2. The number of aliphatic hydroxyl groups is 1. The van der Waals surface area contributed by atoms with Gasteiger partial charge in [-0.05, 0) is 29.8 Å². The van der Waals surface area contributed by atoms with Gasteiger partial charge in [-0.1, -0.05) is 54.1 Å². The average molecular weight is 493 g/mol. The van der Waals surface area contributed by atoms with E-state index in [0.29, 0.717) is 22.6 Å². The van der Waals surface area contributed by atoms with E-state index in [-0.39, 0.29) is 15.7 Å². The predicted molar refractivity (Wildman–Crippen MR) is 124 cm³/mol. The monoisotopic (exact) mass is 492 g/mol. The molecule has 2 aromatic carbocycles. The van der Waals surface area contributed by atoms with Crippen molar-refractivity contribution in [1.29, 1.82) is 0 Å².